The molecule has 0 saturated heterocycles. The standard InChI is InChI=1S/C5H8O3/c1-5(2)8-4-7-3-6/h3H,1,4H2,2H3. The fraction of sp³-hybridized carbons (Fsp3) is 0.400. The van der Waals surface area contributed by atoms with Crippen LogP contribution in [0.4, 0.5) is 0 Å². The summed E-state index contributed by atoms with van der Waals surface area (Å²) >= 11 is 0. The highest BCUT2D eigenvalue weighted by atomic mass is 16.7. The van der Waals surface area contributed by atoms with E-state index in [1.165, 1.54) is 0 Å². The number of hydrogen-bond acceptors (Lipinski definition) is 3. The summed E-state index contributed by atoms with van der Waals surface area (Å²) in [5, 5.41) is 0. The zero-order valence-electron chi connectivity index (χ0n) is 4.72. The molecule has 0 N–H and O–H groups in total. The lowest BCUT2D eigenvalue weighted by Gasteiger charge is -1.99. The number of carbonyl (C=O) groups is 1. The highest BCUT2D eigenvalue weighted by Crippen LogP contribution is 1.87. The lowest BCUT2D eigenvalue weighted by Crippen LogP contribution is -1.94. The molecule has 0 radical (unpaired) electrons. The van der Waals surface area contributed by atoms with Crippen molar-refractivity contribution in [2.45, 2.75) is 6.92 Å². The maximum atomic E-state index is 9.45. The molecular formula is C5H8O3. The molecule has 0 heterocycles. The van der Waals surface area contributed by atoms with Gasteiger partial charge in [-0.05, 0) is 6.92 Å². The molecule has 0 fully saturated rings. The molecule has 46 valence electrons. The summed E-state index contributed by atoms with van der Waals surface area (Å²) in [6.45, 7) is 5.36. The van der Waals surface area contributed by atoms with Crippen molar-refractivity contribution in [2.75, 3.05) is 6.79 Å². The van der Waals surface area contributed by atoms with Crippen LogP contribution in [0.25, 0.3) is 0 Å². The summed E-state index contributed by atoms with van der Waals surface area (Å²) in [4.78, 5) is 9.45. The van der Waals surface area contributed by atoms with Gasteiger partial charge in [0, 0.05) is 0 Å². The molecule has 0 rings (SSSR count). The van der Waals surface area contributed by atoms with Gasteiger partial charge in [0.1, 0.15) is 0 Å². The predicted molar refractivity (Wildman–Crippen MR) is 27.9 cm³/mol. The smallest absolute Gasteiger partial charge is 0.295 e. The molecule has 0 aliphatic rings. The quantitative estimate of drug-likeness (QED) is 0.234. The molecule has 3 heteroatoms. The van der Waals surface area contributed by atoms with Crippen LogP contribution < -0.4 is 0 Å². The van der Waals surface area contributed by atoms with Gasteiger partial charge in [0.15, 0.2) is 0 Å². The van der Waals surface area contributed by atoms with E-state index in [1.807, 2.05) is 0 Å². The summed E-state index contributed by atoms with van der Waals surface area (Å²) < 4.78 is 8.82. The fourth-order valence-corrected chi connectivity index (χ4v) is 0.162. The molecule has 0 spiro atoms. The van der Waals surface area contributed by atoms with Gasteiger partial charge < -0.3 is 9.47 Å². The van der Waals surface area contributed by atoms with Gasteiger partial charge >= 0.3 is 0 Å². The van der Waals surface area contributed by atoms with Crippen molar-refractivity contribution in [2.24, 2.45) is 0 Å². The van der Waals surface area contributed by atoms with Gasteiger partial charge in [0.05, 0.1) is 5.76 Å². The minimum absolute atomic E-state index is 0.0428. The fourth-order valence-electron chi connectivity index (χ4n) is 0.162. The van der Waals surface area contributed by atoms with Crippen molar-refractivity contribution in [3.63, 3.8) is 0 Å². The summed E-state index contributed by atoms with van der Waals surface area (Å²) in [7, 11) is 0. The van der Waals surface area contributed by atoms with Gasteiger partial charge in [-0.3, -0.25) is 4.79 Å². The largest absolute Gasteiger partial charge is 0.463 e. The van der Waals surface area contributed by atoms with Crippen molar-refractivity contribution < 1.29 is 14.3 Å². The van der Waals surface area contributed by atoms with Crippen LogP contribution in [-0.2, 0) is 14.3 Å². The Kier molecular flexibility index (Phi) is 3.66. The Labute approximate surface area is 47.9 Å². The van der Waals surface area contributed by atoms with Gasteiger partial charge in [0.25, 0.3) is 6.47 Å². The van der Waals surface area contributed by atoms with E-state index < -0.39 is 0 Å². The van der Waals surface area contributed by atoms with E-state index in [0.29, 0.717) is 12.2 Å². The van der Waals surface area contributed by atoms with Crippen molar-refractivity contribution in [1.29, 1.82) is 0 Å². The average molecular weight is 116 g/mol. The number of ether oxygens (including phenoxy) is 2. The van der Waals surface area contributed by atoms with Gasteiger partial charge in [-0.2, -0.15) is 0 Å². The molecule has 8 heavy (non-hydrogen) atoms. The molecule has 0 aliphatic heterocycles. The number of carbonyl (C=O) groups excluding carboxylic acids is 1. The second-order valence-corrected chi connectivity index (χ2v) is 1.23. The van der Waals surface area contributed by atoms with Crippen molar-refractivity contribution in [3.05, 3.63) is 12.3 Å². The predicted octanol–water partition coefficient (Wildman–Crippen LogP) is 0.667. The lowest BCUT2D eigenvalue weighted by molar-refractivity contribution is -0.137. The van der Waals surface area contributed by atoms with E-state index in [1.54, 1.807) is 6.92 Å². The topological polar surface area (TPSA) is 35.5 Å². The molecule has 0 atom stereocenters. The normalized spacial score (nSPS) is 7.62. The molecule has 0 aromatic rings. The molecule has 0 aromatic heterocycles. The minimum Gasteiger partial charge on any atom is -0.463 e. The van der Waals surface area contributed by atoms with Crippen LogP contribution in [0, 0.1) is 0 Å². The molecule has 3 nitrogen and oxygen atoms in total. The van der Waals surface area contributed by atoms with E-state index in [9.17, 15) is 4.79 Å². The van der Waals surface area contributed by atoms with E-state index >= 15 is 0 Å². The Bertz CT molecular complexity index is 87.7. The molecule has 0 unspecified atom stereocenters. The second-order valence-electron chi connectivity index (χ2n) is 1.23. The third kappa shape index (κ3) is 5.01. The van der Waals surface area contributed by atoms with Crippen LogP contribution in [0.5, 0.6) is 0 Å². The van der Waals surface area contributed by atoms with Crippen molar-refractivity contribution in [3.8, 4) is 0 Å². The summed E-state index contributed by atoms with van der Waals surface area (Å²) in [6.07, 6.45) is 0. The SMILES string of the molecule is C=C(C)OCOC=O. The van der Waals surface area contributed by atoms with Crippen molar-refractivity contribution >= 4 is 6.47 Å². The Morgan fingerprint density at radius 2 is 2.50 bits per heavy atom. The molecule has 0 aromatic carbocycles. The Morgan fingerprint density at radius 3 is 2.88 bits per heavy atom. The Balaban J connectivity index is 2.93. The minimum atomic E-state index is -0.0428. The molecule has 0 bridgehead atoms. The van der Waals surface area contributed by atoms with Crippen LogP contribution >= 0.6 is 0 Å². The van der Waals surface area contributed by atoms with E-state index in [2.05, 4.69) is 16.1 Å². The van der Waals surface area contributed by atoms with Crippen LogP contribution in [0.15, 0.2) is 12.3 Å². The first-order chi connectivity index (χ1) is 3.77. The third-order valence-electron chi connectivity index (χ3n) is 0.441. The summed E-state index contributed by atoms with van der Waals surface area (Å²) in [5.74, 6) is 0.534. The second kappa shape index (κ2) is 4.18. The molecule has 0 aliphatic carbocycles. The zero-order valence-corrected chi connectivity index (χ0v) is 4.72. The Morgan fingerprint density at radius 1 is 1.88 bits per heavy atom. The van der Waals surface area contributed by atoms with Gasteiger partial charge in [-0.15, -0.1) is 0 Å². The van der Waals surface area contributed by atoms with E-state index in [4.69, 9.17) is 0 Å². The van der Waals surface area contributed by atoms with Crippen LogP contribution in [0.2, 0.25) is 0 Å². The number of hydrogen-bond donors (Lipinski definition) is 0. The number of allylic oxidation sites excluding steroid dienone is 1. The highest BCUT2D eigenvalue weighted by molar-refractivity contribution is 5.36. The van der Waals surface area contributed by atoms with Crippen LogP contribution in [0.1, 0.15) is 6.92 Å². The van der Waals surface area contributed by atoms with Crippen molar-refractivity contribution in [1.82, 2.24) is 0 Å². The molecular weight excluding hydrogens is 108 g/mol. The van der Waals surface area contributed by atoms with Gasteiger partial charge in [0.2, 0.25) is 6.79 Å². The number of rotatable bonds is 4. The van der Waals surface area contributed by atoms with Gasteiger partial charge in [-0.1, -0.05) is 6.58 Å². The monoisotopic (exact) mass is 116 g/mol. The highest BCUT2D eigenvalue weighted by Gasteiger charge is 1.81. The van der Waals surface area contributed by atoms with Crippen LogP contribution in [-0.4, -0.2) is 13.3 Å². The summed E-state index contributed by atoms with van der Waals surface area (Å²) in [5.41, 5.74) is 0. The van der Waals surface area contributed by atoms with Crippen LogP contribution in [0.3, 0.4) is 0 Å². The lowest BCUT2D eigenvalue weighted by atomic mass is 10.7. The maximum Gasteiger partial charge on any atom is 0.295 e. The van der Waals surface area contributed by atoms with E-state index in [-0.39, 0.29) is 6.79 Å². The zero-order chi connectivity index (χ0) is 6.41. The summed E-state index contributed by atoms with van der Waals surface area (Å²) in [6, 6.07) is 0. The Hall–Kier alpha value is -0.990. The third-order valence-corrected chi connectivity index (χ3v) is 0.441. The maximum absolute atomic E-state index is 9.45. The average Bonchev–Trinajstić information content (AvgIpc) is 1.66. The van der Waals surface area contributed by atoms with E-state index in [0.717, 1.165) is 0 Å². The first-order valence-corrected chi connectivity index (χ1v) is 2.11. The molecule has 0 amide bonds. The first kappa shape index (κ1) is 7.01. The van der Waals surface area contributed by atoms with Gasteiger partial charge in [-0.25, -0.2) is 0 Å². The molecule has 0 saturated carbocycles. The first-order valence-electron chi connectivity index (χ1n) is 2.11.